The molecule has 9 heteroatoms. The van der Waals surface area contributed by atoms with Crippen molar-refractivity contribution >= 4 is 40.3 Å². The number of fused-ring (bicyclic) bond motifs is 1. The molecular formula is C22H22ClN5O3. The highest BCUT2D eigenvalue weighted by Crippen LogP contribution is 2.23. The fraction of sp³-hybridized carbons (Fsp3) is 0.227. The van der Waals surface area contributed by atoms with Crippen LogP contribution in [0.1, 0.15) is 17.5 Å². The molecule has 1 aromatic heterocycles. The highest BCUT2D eigenvalue weighted by Gasteiger charge is 2.34. The number of primary amides is 1. The van der Waals surface area contributed by atoms with Crippen molar-refractivity contribution in [2.75, 3.05) is 6.54 Å². The SMILES string of the molecule is NC(=O)n1cc(CC(=O)N2NCC[C@H]2C(=O)NCc2cccc(Cl)c2)c2ccccc21. The molecule has 2 heterocycles. The molecule has 1 aliphatic heterocycles. The van der Waals surface area contributed by atoms with Gasteiger partial charge in [0, 0.05) is 29.7 Å². The lowest BCUT2D eigenvalue weighted by Crippen LogP contribution is -2.50. The van der Waals surface area contributed by atoms with Crippen LogP contribution in [0.5, 0.6) is 0 Å². The molecular weight excluding hydrogens is 418 g/mol. The summed E-state index contributed by atoms with van der Waals surface area (Å²) in [6.07, 6.45) is 2.12. The van der Waals surface area contributed by atoms with Crippen molar-refractivity contribution in [2.45, 2.75) is 25.4 Å². The fourth-order valence-electron chi connectivity index (χ4n) is 3.85. The maximum absolute atomic E-state index is 13.0. The van der Waals surface area contributed by atoms with Gasteiger partial charge in [0.2, 0.25) is 11.8 Å². The number of halogens is 1. The van der Waals surface area contributed by atoms with Crippen molar-refractivity contribution in [3.63, 3.8) is 0 Å². The highest BCUT2D eigenvalue weighted by atomic mass is 35.5. The van der Waals surface area contributed by atoms with E-state index in [0.717, 1.165) is 10.9 Å². The minimum Gasteiger partial charge on any atom is -0.351 e. The molecule has 1 atom stereocenters. The van der Waals surface area contributed by atoms with E-state index in [-0.39, 0.29) is 18.2 Å². The Labute approximate surface area is 183 Å². The van der Waals surface area contributed by atoms with Crippen molar-refractivity contribution in [3.8, 4) is 0 Å². The van der Waals surface area contributed by atoms with Gasteiger partial charge in [-0.2, -0.15) is 0 Å². The summed E-state index contributed by atoms with van der Waals surface area (Å²) in [6, 6.07) is 13.3. The second kappa shape index (κ2) is 8.79. The zero-order chi connectivity index (χ0) is 22.0. The topological polar surface area (TPSA) is 109 Å². The molecule has 3 aromatic rings. The minimum absolute atomic E-state index is 0.0336. The first-order valence-corrected chi connectivity index (χ1v) is 10.3. The van der Waals surface area contributed by atoms with E-state index >= 15 is 0 Å². The van der Waals surface area contributed by atoms with Crippen LogP contribution in [0, 0.1) is 0 Å². The fourth-order valence-corrected chi connectivity index (χ4v) is 4.06. The quantitative estimate of drug-likeness (QED) is 0.566. The van der Waals surface area contributed by atoms with Crippen LogP contribution in [0.2, 0.25) is 5.02 Å². The summed E-state index contributed by atoms with van der Waals surface area (Å²) in [7, 11) is 0. The molecule has 2 aromatic carbocycles. The van der Waals surface area contributed by atoms with Gasteiger partial charge in [0.15, 0.2) is 0 Å². The van der Waals surface area contributed by atoms with Crippen LogP contribution in [0.3, 0.4) is 0 Å². The lowest BCUT2D eigenvalue weighted by molar-refractivity contribution is -0.140. The molecule has 31 heavy (non-hydrogen) atoms. The third kappa shape index (κ3) is 4.40. The molecule has 0 aliphatic carbocycles. The number of nitrogens with two attached hydrogens (primary N) is 1. The van der Waals surface area contributed by atoms with E-state index in [2.05, 4.69) is 10.7 Å². The number of nitrogens with zero attached hydrogens (tertiary/aromatic N) is 2. The number of benzene rings is 2. The summed E-state index contributed by atoms with van der Waals surface area (Å²) in [4.78, 5) is 37.5. The van der Waals surface area contributed by atoms with Gasteiger partial charge in [-0.3, -0.25) is 19.2 Å². The van der Waals surface area contributed by atoms with Gasteiger partial charge in [-0.05, 0) is 35.7 Å². The van der Waals surface area contributed by atoms with E-state index in [9.17, 15) is 14.4 Å². The van der Waals surface area contributed by atoms with Crippen molar-refractivity contribution < 1.29 is 14.4 Å². The standard InChI is InChI=1S/C22H22ClN5O3/c23-16-5-3-4-14(10-16)12-25-21(30)19-8-9-26-28(19)20(29)11-15-13-27(22(24)31)18-7-2-1-6-17(15)18/h1-7,10,13,19,26H,8-9,11-12H2,(H2,24,31)(H,25,30)/t19-/m0/s1. The molecule has 8 nitrogen and oxygen atoms in total. The zero-order valence-electron chi connectivity index (χ0n) is 16.7. The summed E-state index contributed by atoms with van der Waals surface area (Å²) in [5.74, 6) is -0.495. The normalized spacial score (nSPS) is 15.9. The first-order valence-electron chi connectivity index (χ1n) is 9.90. The molecule has 4 N–H and O–H groups in total. The Morgan fingerprint density at radius 3 is 2.74 bits per heavy atom. The van der Waals surface area contributed by atoms with Crippen LogP contribution < -0.4 is 16.5 Å². The molecule has 160 valence electrons. The lowest BCUT2D eigenvalue weighted by Gasteiger charge is -2.23. The summed E-state index contributed by atoms with van der Waals surface area (Å²) in [5.41, 5.74) is 10.6. The third-order valence-corrected chi connectivity index (χ3v) is 5.55. The Hall–Kier alpha value is -3.36. The van der Waals surface area contributed by atoms with Crippen molar-refractivity contribution in [1.82, 2.24) is 20.3 Å². The summed E-state index contributed by atoms with van der Waals surface area (Å²) < 4.78 is 1.32. The van der Waals surface area contributed by atoms with Crippen molar-refractivity contribution in [1.29, 1.82) is 0 Å². The summed E-state index contributed by atoms with van der Waals surface area (Å²) in [5, 5.41) is 5.62. The van der Waals surface area contributed by atoms with Crippen molar-refractivity contribution in [3.05, 3.63) is 70.9 Å². The summed E-state index contributed by atoms with van der Waals surface area (Å²) >= 11 is 5.99. The lowest BCUT2D eigenvalue weighted by atomic mass is 10.1. The van der Waals surface area contributed by atoms with E-state index in [4.69, 9.17) is 17.3 Å². The Morgan fingerprint density at radius 2 is 1.97 bits per heavy atom. The van der Waals surface area contributed by atoms with Gasteiger partial charge in [0.1, 0.15) is 6.04 Å². The van der Waals surface area contributed by atoms with Crippen LogP contribution >= 0.6 is 11.6 Å². The molecule has 1 saturated heterocycles. The number of rotatable bonds is 5. The smallest absolute Gasteiger partial charge is 0.323 e. The molecule has 0 unspecified atom stereocenters. The Kier molecular flexibility index (Phi) is 5.92. The number of nitrogens with one attached hydrogen (secondary N) is 2. The Bertz CT molecular complexity index is 1160. The summed E-state index contributed by atoms with van der Waals surface area (Å²) in [6.45, 7) is 0.841. The largest absolute Gasteiger partial charge is 0.351 e. The number of hydrazine groups is 1. The van der Waals surface area contributed by atoms with Crippen LogP contribution in [0.4, 0.5) is 4.79 Å². The van der Waals surface area contributed by atoms with Crippen LogP contribution in [-0.2, 0) is 22.6 Å². The van der Waals surface area contributed by atoms with Gasteiger partial charge >= 0.3 is 6.03 Å². The van der Waals surface area contributed by atoms with E-state index in [1.54, 1.807) is 30.5 Å². The molecule has 0 radical (unpaired) electrons. The van der Waals surface area contributed by atoms with E-state index in [1.807, 2.05) is 24.3 Å². The van der Waals surface area contributed by atoms with Crippen molar-refractivity contribution in [2.24, 2.45) is 5.73 Å². The monoisotopic (exact) mass is 439 g/mol. The van der Waals surface area contributed by atoms with E-state index in [1.165, 1.54) is 9.58 Å². The average Bonchev–Trinajstić information content (AvgIpc) is 3.38. The number of hydrogen-bond donors (Lipinski definition) is 3. The van der Waals surface area contributed by atoms with Crippen LogP contribution in [-0.4, -0.2) is 40.0 Å². The number of aromatic nitrogens is 1. The number of para-hydroxylation sites is 1. The molecule has 3 amide bonds. The van der Waals surface area contributed by atoms with E-state index < -0.39 is 12.1 Å². The first-order chi connectivity index (χ1) is 14.9. The van der Waals surface area contributed by atoms with Crippen LogP contribution in [0.15, 0.2) is 54.7 Å². The Balaban J connectivity index is 1.46. The molecule has 1 fully saturated rings. The molecule has 0 spiro atoms. The molecule has 1 aliphatic rings. The Morgan fingerprint density at radius 1 is 1.16 bits per heavy atom. The second-order valence-electron chi connectivity index (χ2n) is 7.38. The van der Waals surface area contributed by atoms with Gasteiger partial charge in [-0.15, -0.1) is 0 Å². The number of hydrogen-bond acceptors (Lipinski definition) is 4. The number of amides is 3. The average molecular weight is 440 g/mol. The number of carbonyl (C=O) groups is 3. The van der Waals surface area contributed by atoms with Crippen LogP contribution in [0.25, 0.3) is 10.9 Å². The number of carbonyl (C=O) groups excluding carboxylic acids is 3. The van der Waals surface area contributed by atoms with Gasteiger partial charge in [-0.25, -0.2) is 10.2 Å². The van der Waals surface area contributed by atoms with Gasteiger partial charge in [-0.1, -0.05) is 41.9 Å². The molecule has 4 rings (SSSR count). The molecule has 0 saturated carbocycles. The van der Waals surface area contributed by atoms with Gasteiger partial charge < -0.3 is 11.1 Å². The second-order valence-corrected chi connectivity index (χ2v) is 7.82. The maximum Gasteiger partial charge on any atom is 0.323 e. The van der Waals surface area contributed by atoms with E-state index in [0.29, 0.717) is 35.6 Å². The first kappa shape index (κ1) is 20.9. The third-order valence-electron chi connectivity index (χ3n) is 5.31. The van der Waals surface area contributed by atoms with Gasteiger partial charge in [0.05, 0.1) is 11.9 Å². The minimum atomic E-state index is -0.618. The predicted octanol–water partition coefficient (Wildman–Crippen LogP) is 2.19. The van der Waals surface area contributed by atoms with Gasteiger partial charge in [0.25, 0.3) is 0 Å². The predicted molar refractivity (Wildman–Crippen MR) is 117 cm³/mol. The zero-order valence-corrected chi connectivity index (χ0v) is 17.4. The molecule has 0 bridgehead atoms. The highest BCUT2D eigenvalue weighted by molar-refractivity contribution is 6.30. The maximum atomic E-state index is 13.0.